The summed E-state index contributed by atoms with van der Waals surface area (Å²) in [6, 6.07) is 9.01. The maximum Gasteiger partial charge on any atom is 0.336 e. The van der Waals surface area contributed by atoms with Gasteiger partial charge in [0, 0.05) is 9.79 Å². The standard InChI is InChI=1S/C13H8F2O2S/c14-8-1-4-10(5-2-8)18-12-7-9(15)3-6-11(12)13(16)17/h1-7H,(H,16,17). The Bertz CT molecular complexity index is 582. The predicted octanol–water partition coefficient (Wildman–Crippen LogP) is 3.81. The predicted molar refractivity (Wildman–Crippen MR) is 63.9 cm³/mol. The fourth-order valence-electron chi connectivity index (χ4n) is 1.39. The molecular weight excluding hydrogens is 258 g/mol. The summed E-state index contributed by atoms with van der Waals surface area (Å²) in [7, 11) is 0. The van der Waals surface area contributed by atoms with Gasteiger partial charge in [-0.25, -0.2) is 13.6 Å². The minimum Gasteiger partial charge on any atom is -0.478 e. The van der Waals surface area contributed by atoms with Gasteiger partial charge >= 0.3 is 5.97 Å². The van der Waals surface area contributed by atoms with E-state index >= 15 is 0 Å². The second-order valence-corrected chi connectivity index (χ2v) is 4.62. The highest BCUT2D eigenvalue weighted by molar-refractivity contribution is 7.99. The van der Waals surface area contributed by atoms with Crippen LogP contribution in [-0.4, -0.2) is 11.1 Å². The molecule has 5 heteroatoms. The van der Waals surface area contributed by atoms with E-state index < -0.39 is 11.8 Å². The molecule has 0 atom stereocenters. The van der Waals surface area contributed by atoms with Crippen LogP contribution in [0.2, 0.25) is 0 Å². The first kappa shape index (κ1) is 12.6. The van der Waals surface area contributed by atoms with E-state index in [0.717, 1.165) is 23.9 Å². The first-order valence-corrected chi connectivity index (χ1v) is 5.84. The third kappa shape index (κ3) is 2.87. The van der Waals surface area contributed by atoms with Crippen molar-refractivity contribution in [1.82, 2.24) is 0 Å². The highest BCUT2D eigenvalue weighted by atomic mass is 32.2. The first-order valence-electron chi connectivity index (χ1n) is 5.02. The highest BCUT2D eigenvalue weighted by Crippen LogP contribution is 2.31. The zero-order chi connectivity index (χ0) is 13.1. The van der Waals surface area contributed by atoms with Crippen molar-refractivity contribution in [2.24, 2.45) is 0 Å². The van der Waals surface area contributed by atoms with E-state index in [1.54, 1.807) is 0 Å². The zero-order valence-corrected chi connectivity index (χ0v) is 9.88. The molecule has 2 aromatic carbocycles. The Kier molecular flexibility index (Phi) is 3.62. The molecule has 1 N–H and O–H groups in total. The summed E-state index contributed by atoms with van der Waals surface area (Å²) in [5.41, 5.74) is 0.0192. The molecule has 2 aromatic rings. The van der Waals surface area contributed by atoms with E-state index in [0.29, 0.717) is 4.90 Å². The number of hydrogen-bond acceptors (Lipinski definition) is 2. The molecule has 0 aliphatic carbocycles. The van der Waals surface area contributed by atoms with Crippen molar-refractivity contribution in [2.75, 3.05) is 0 Å². The number of carbonyl (C=O) groups is 1. The fourth-order valence-corrected chi connectivity index (χ4v) is 2.35. The smallest absolute Gasteiger partial charge is 0.336 e. The van der Waals surface area contributed by atoms with Crippen LogP contribution in [0.3, 0.4) is 0 Å². The van der Waals surface area contributed by atoms with E-state index in [4.69, 9.17) is 5.11 Å². The van der Waals surface area contributed by atoms with Crippen LogP contribution in [0.15, 0.2) is 52.3 Å². The van der Waals surface area contributed by atoms with Gasteiger partial charge in [0.15, 0.2) is 0 Å². The summed E-state index contributed by atoms with van der Waals surface area (Å²) in [4.78, 5) is 11.9. The SMILES string of the molecule is O=C(O)c1ccc(F)cc1Sc1ccc(F)cc1. The molecule has 18 heavy (non-hydrogen) atoms. The molecule has 0 bridgehead atoms. The van der Waals surface area contributed by atoms with Crippen molar-refractivity contribution in [2.45, 2.75) is 9.79 Å². The van der Waals surface area contributed by atoms with Gasteiger partial charge in [-0.3, -0.25) is 0 Å². The topological polar surface area (TPSA) is 37.3 Å². The van der Waals surface area contributed by atoms with Crippen LogP contribution in [0.25, 0.3) is 0 Å². The number of hydrogen-bond donors (Lipinski definition) is 1. The molecule has 0 radical (unpaired) electrons. The second-order valence-electron chi connectivity index (χ2n) is 3.50. The van der Waals surface area contributed by atoms with Crippen molar-refractivity contribution in [3.05, 3.63) is 59.7 Å². The minimum absolute atomic E-state index is 0.0192. The number of carboxylic acids is 1. The maximum atomic E-state index is 13.1. The Morgan fingerprint density at radius 3 is 2.22 bits per heavy atom. The van der Waals surface area contributed by atoms with Crippen molar-refractivity contribution >= 4 is 17.7 Å². The van der Waals surface area contributed by atoms with Crippen LogP contribution in [0, 0.1) is 11.6 Å². The third-order valence-electron chi connectivity index (χ3n) is 2.22. The molecule has 0 unspecified atom stereocenters. The molecule has 0 spiro atoms. The maximum absolute atomic E-state index is 13.1. The van der Waals surface area contributed by atoms with Crippen LogP contribution >= 0.6 is 11.8 Å². The molecule has 0 heterocycles. The Morgan fingerprint density at radius 1 is 1.00 bits per heavy atom. The third-order valence-corrected chi connectivity index (χ3v) is 3.28. The molecule has 0 saturated heterocycles. The Labute approximate surface area is 106 Å². The fraction of sp³-hybridized carbons (Fsp3) is 0. The summed E-state index contributed by atoms with van der Waals surface area (Å²) in [6.07, 6.45) is 0. The molecule has 0 aromatic heterocycles. The summed E-state index contributed by atoms with van der Waals surface area (Å²) in [5.74, 6) is -2.01. The summed E-state index contributed by atoms with van der Waals surface area (Å²) < 4.78 is 25.8. The average molecular weight is 266 g/mol. The van der Waals surface area contributed by atoms with Crippen molar-refractivity contribution < 1.29 is 18.7 Å². The molecule has 2 rings (SSSR count). The van der Waals surface area contributed by atoms with Crippen LogP contribution < -0.4 is 0 Å². The second kappa shape index (κ2) is 5.18. The highest BCUT2D eigenvalue weighted by Gasteiger charge is 2.12. The number of rotatable bonds is 3. The number of benzene rings is 2. The Balaban J connectivity index is 2.35. The van der Waals surface area contributed by atoms with Gasteiger partial charge in [0.2, 0.25) is 0 Å². The van der Waals surface area contributed by atoms with Crippen LogP contribution in [-0.2, 0) is 0 Å². The normalized spacial score (nSPS) is 10.3. The van der Waals surface area contributed by atoms with Crippen LogP contribution in [0.1, 0.15) is 10.4 Å². The lowest BCUT2D eigenvalue weighted by Crippen LogP contribution is -1.99. The van der Waals surface area contributed by atoms with Gasteiger partial charge in [-0.05, 0) is 42.5 Å². The number of aromatic carboxylic acids is 1. The lowest BCUT2D eigenvalue weighted by Gasteiger charge is -2.05. The van der Waals surface area contributed by atoms with Gasteiger partial charge in [-0.1, -0.05) is 11.8 Å². The lowest BCUT2D eigenvalue weighted by molar-refractivity contribution is 0.0693. The Hall–Kier alpha value is -1.88. The van der Waals surface area contributed by atoms with E-state index in [2.05, 4.69) is 0 Å². The van der Waals surface area contributed by atoms with Gasteiger partial charge < -0.3 is 5.11 Å². The molecule has 0 amide bonds. The largest absolute Gasteiger partial charge is 0.478 e. The quantitative estimate of drug-likeness (QED) is 0.917. The van der Waals surface area contributed by atoms with Crippen molar-refractivity contribution in [3.8, 4) is 0 Å². The van der Waals surface area contributed by atoms with E-state index in [1.165, 1.54) is 30.3 Å². The van der Waals surface area contributed by atoms with Crippen LogP contribution in [0.4, 0.5) is 8.78 Å². The van der Waals surface area contributed by atoms with E-state index in [-0.39, 0.29) is 16.3 Å². The minimum atomic E-state index is -1.13. The molecule has 92 valence electrons. The molecule has 0 fully saturated rings. The molecule has 2 nitrogen and oxygen atoms in total. The molecule has 0 saturated carbocycles. The van der Waals surface area contributed by atoms with Gasteiger partial charge in [0.1, 0.15) is 11.6 Å². The van der Waals surface area contributed by atoms with E-state index in [9.17, 15) is 13.6 Å². The number of halogens is 2. The molecule has 0 aliphatic heterocycles. The average Bonchev–Trinajstić information content (AvgIpc) is 2.32. The number of carboxylic acid groups (broad SMARTS) is 1. The summed E-state index contributed by atoms with van der Waals surface area (Å²) in [5, 5.41) is 8.98. The van der Waals surface area contributed by atoms with E-state index in [1.807, 2.05) is 0 Å². The van der Waals surface area contributed by atoms with Crippen molar-refractivity contribution in [1.29, 1.82) is 0 Å². The van der Waals surface area contributed by atoms with Gasteiger partial charge in [0.25, 0.3) is 0 Å². The zero-order valence-electron chi connectivity index (χ0n) is 9.06. The summed E-state index contributed by atoms with van der Waals surface area (Å²) in [6.45, 7) is 0. The summed E-state index contributed by atoms with van der Waals surface area (Å²) >= 11 is 1.08. The van der Waals surface area contributed by atoms with Gasteiger partial charge in [0.05, 0.1) is 5.56 Å². The van der Waals surface area contributed by atoms with Gasteiger partial charge in [-0.15, -0.1) is 0 Å². The molecule has 0 aliphatic rings. The van der Waals surface area contributed by atoms with Crippen LogP contribution in [0.5, 0.6) is 0 Å². The monoisotopic (exact) mass is 266 g/mol. The lowest BCUT2D eigenvalue weighted by atomic mass is 10.2. The van der Waals surface area contributed by atoms with Gasteiger partial charge in [-0.2, -0.15) is 0 Å². The molecular formula is C13H8F2O2S. The Morgan fingerprint density at radius 2 is 1.61 bits per heavy atom. The van der Waals surface area contributed by atoms with Crippen molar-refractivity contribution in [3.63, 3.8) is 0 Å². The first-order chi connectivity index (χ1) is 8.56.